The minimum atomic E-state index is -0.117. The summed E-state index contributed by atoms with van der Waals surface area (Å²) in [5, 5.41) is 12.4. The maximum absolute atomic E-state index is 12.0. The lowest BCUT2D eigenvalue weighted by Crippen LogP contribution is -2.24. The van der Waals surface area contributed by atoms with Crippen LogP contribution in [0.1, 0.15) is 11.6 Å². The van der Waals surface area contributed by atoms with Gasteiger partial charge in [0.1, 0.15) is 18.1 Å². The highest BCUT2D eigenvalue weighted by molar-refractivity contribution is 7.99. The highest BCUT2D eigenvalue weighted by Crippen LogP contribution is 2.20. The Morgan fingerprint density at radius 2 is 2.14 bits per heavy atom. The van der Waals surface area contributed by atoms with Crippen LogP contribution in [0, 0.1) is 0 Å². The third kappa shape index (κ3) is 5.64. The molecule has 0 spiro atoms. The van der Waals surface area contributed by atoms with Gasteiger partial charge in [-0.2, -0.15) is 0 Å². The molecule has 0 radical (unpaired) electrons. The monoisotopic (exact) mass is 418 g/mol. The first-order chi connectivity index (χ1) is 13.7. The molecule has 3 aromatic rings. The number of nitrogens with one attached hydrogen (secondary N) is 1. The summed E-state index contributed by atoms with van der Waals surface area (Å²) in [5.74, 6) is 2.13. The molecule has 3 rings (SSSR count). The van der Waals surface area contributed by atoms with Crippen molar-refractivity contribution < 1.29 is 13.9 Å². The number of benzene rings is 1. The second-order valence-corrected chi connectivity index (χ2v) is 7.06. The van der Waals surface area contributed by atoms with Crippen molar-refractivity contribution in [3.63, 3.8) is 0 Å². The highest BCUT2D eigenvalue weighted by atomic mass is 35.5. The van der Waals surface area contributed by atoms with E-state index in [2.05, 4.69) is 22.1 Å². The summed E-state index contributed by atoms with van der Waals surface area (Å²) in [6.45, 7) is 4.88. The number of hydrogen-bond donors (Lipinski definition) is 1. The van der Waals surface area contributed by atoms with Crippen LogP contribution < -0.4 is 10.1 Å². The van der Waals surface area contributed by atoms with Gasteiger partial charge in [-0.3, -0.25) is 9.36 Å². The zero-order valence-electron chi connectivity index (χ0n) is 15.0. The molecule has 28 heavy (non-hydrogen) atoms. The van der Waals surface area contributed by atoms with Crippen LogP contribution in [0.2, 0.25) is 5.02 Å². The van der Waals surface area contributed by atoms with Crippen molar-refractivity contribution in [1.29, 1.82) is 0 Å². The zero-order valence-corrected chi connectivity index (χ0v) is 16.6. The summed E-state index contributed by atoms with van der Waals surface area (Å²) >= 11 is 7.18. The standard InChI is InChI=1S/C19H19ClN4O3S/c1-2-9-24-17(12-27-15-7-5-14(20)6-8-15)22-23-19(24)28-13-18(25)21-11-16-4-3-10-26-16/h2-8,10H,1,9,11-13H2,(H,21,25). The van der Waals surface area contributed by atoms with Crippen LogP contribution in [-0.4, -0.2) is 26.4 Å². The molecule has 1 amide bonds. The summed E-state index contributed by atoms with van der Waals surface area (Å²) in [6, 6.07) is 10.7. The van der Waals surface area contributed by atoms with Gasteiger partial charge in [0.25, 0.3) is 0 Å². The number of ether oxygens (including phenoxy) is 1. The normalized spacial score (nSPS) is 10.6. The molecule has 0 atom stereocenters. The van der Waals surface area contributed by atoms with Crippen molar-refractivity contribution in [1.82, 2.24) is 20.1 Å². The first-order valence-corrected chi connectivity index (χ1v) is 9.85. The number of allylic oxidation sites excluding steroid dienone is 1. The number of halogens is 1. The number of carbonyl (C=O) groups excluding carboxylic acids is 1. The van der Waals surface area contributed by atoms with E-state index in [1.165, 1.54) is 11.8 Å². The lowest BCUT2D eigenvalue weighted by molar-refractivity contribution is -0.118. The number of rotatable bonds is 10. The Morgan fingerprint density at radius 3 is 2.86 bits per heavy atom. The van der Waals surface area contributed by atoms with Crippen LogP contribution in [0.5, 0.6) is 5.75 Å². The molecule has 9 heteroatoms. The van der Waals surface area contributed by atoms with E-state index in [1.54, 1.807) is 48.7 Å². The Labute approximate surface area is 171 Å². The molecule has 1 N–H and O–H groups in total. The van der Waals surface area contributed by atoms with Crippen LogP contribution in [0.4, 0.5) is 0 Å². The third-order valence-electron chi connectivity index (χ3n) is 3.66. The van der Waals surface area contributed by atoms with E-state index in [1.807, 2.05) is 4.57 Å². The first-order valence-electron chi connectivity index (χ1n) is 8.49. The molecule has 0 saturated heterocycles. The molecular weight excluding hydrogens is 400 g/mol. The average Bonchev–Trinajstić information content (AvgIpc) is 3.35. The van der Waals surface area contributed by atoms with Gasteiger partial charge in [-0.15, -0.1) is 16.8 Å². The smallest absolute Gasteiger partial charge is 0.230 e. The maximum Gasteiger partial charge on any atom is 0.230 e. The van der Waals surface area contributed by atoms with Crippen molar-refractivity contribution in [2.45, 2.75) is 24.9 Å². The molecule has 0 aliphatic heterocycles. The van der Waals surface area contributed by atoms with Gasteiger partial charge in [0.05, 0.1) is 18.6 Å². The van der Waals surface area contributed by atoms with E-state index in [9.17, 15) is 4.79 Å². The van der Waals surface area contributed by atoms with Crippen molar-refractivity contribution in [2.75, 3.05) is 5.75 Å². The summed E-state index contributed by atoms with van der Waals surface area (Å²) < 4.78 is 12.8. The molecule has 1 aromatic carbocycles. The minimum Gasteiger partial charge on any atom is -0.486 e. The van der Waals surface area contributed by atoms with E-state index in [4.69, 9.17) is 20.8 Å². The number of aromatic nitrogens is 3. The first kappa shape index (κ1) is 20.0. The number of hydrogen-bond acceptors (Lipinski definition) is 6. The molecule has 0 fully saturated rings. The second-order valence-electron chi connectivity index (χ2n) is 5.69. The molecule has 0 unspecified atom stereocenters. The Bertz CT molecular complexity index is 910. The Hall–Kier alpha value is -2.71. The van der Waals surface area contributed by atoms with Crippen LogP contribution in [0.3, 0.4) is 0 Å². The van der Waals surface area contributed by atoms with Gasteiger partial charge in [-0.1, -0.05) is 29.4 Å². The van der Waals surface area contributed by atoms with Crippen LogP contribution in [0.15, 0.2) is 64.9 Å². The Morgan fingerprint density at radius 1 is 1.32 bits per heavy atom. The largest absolute Gasteiger partial charge is 0.486 e. The van der Waals surface area contributed by atoms with Crippen molar-refractivity contribution in [2.24, 2.45) is 0 Å². The second kappa shape index (κ2) is 10.0. The zero-order chi connectivity index (χ0) is 19.8. The van der Waals surface area contributed by atoms with Gasteiger partial charge < -0.3 is 14.5 Å². The van der Waals surface area contributed by atoms with E-state index in [-0.39, 0.29) is 18.3 Å². The molecule has 0 saturated carbocycles. The molecule has 7 nitrogen and oxygen atoms in total. The maximum atomic E-state index is 12.0. The highest BCUT2D eigenvalue weighted by Gasteiger charge is 2.14. The van der Waals surface area contributed by atoms with Gasteiger partial charge in [0, 0.05) is 11.6 Å². The van der Waals surface area contributed by atoms with E-state index in [0.717, 1.165) is 0 Å². The molecule has 2 heterocycles. The van der Waals surface area contributed by atoms with Gasteiger partial charge in [-0.25, -0.2) is 0 Å². The van der Waals surface area contributed by atoms with Gasteiger partial charge >= 0.3 is 0 Å². The quantitative estimate of drug-likeness (QED) is 0.399. The number of furan rings is 1. The number of thioether (sulfide) groups is 1. The van der Waals surface area contributed by atoms with Crippen LogP contribution in [-0.2, 0) is 24.5 Å². The molecule has 146 valence electrons. The number of amides is 1. The van der Waals surface area contributed by atoms with Gasteiger partial charge in [0.2, 0.25) is 5.91 Å². The topological polar surface area (TPSA) is 82.2 Å². The molecule has 2 aromatic heterocycles. The predicted octanol–water partition coefficient (Wildman–Crippen LogP) is 3.70. The summed E-state index contributed by atoms with van der Waals surface area (Å²) in [6.07, 6.45) is 3.32. The Balaban J connectivity index is 1.55. The molecule has 0 bridgehead atoms. The van der Waals surface area contributed by atoms with Crippen molar-refractivity contribution in [3.8, 4) is 5.75 Å². The summed E-state index contributed by atoms with van der Waals surface area (Å²) in [4.78, 5) is 12.0. The fourth-order valence-corrected chi connectivity index (χ4v) is 3.23. The molecule has 0 aliphatic rings. The van der Waals surface area contributed by atoms with E-state index >= 15 is 0 Å². The van der Waals surface area contributed by atoms with Crippen LogP contribution >= 0.6 is 23.4 Å². The van der Waals surface area contributed by atoms with Gasteiger partial charge in [0.15, 0.2) is 11.0 Å². The molecular formula is C19H19ClN4O3S. The SMILES string of the molecule is C=CCn1c(COc2ccc(Cl)cc2)nnc1SCC(=O)NCc1ccco1. The van der Waals surface area contributed by atoms with Gasteiger partial charge in [-0.05, 0) is 36.4 Å². The Kier molecular flexibility index (Phi) is 7.16. The van der Waals surface area contributed by atoms with E-state index < -0.39 is 0 Å². The predicted molar refractivity (Wildman–Crippen MR) is 107 cm³/mol. The van der Waals surface area contributed by atoms with Crippen molar-refractivity contribution >= 4 is 29.3 Å². The number of nitrogens with zero attached hydrogens (tertiary/aromatic N) is 3. The lowest BCUT2D eigenvalue weighted by atomic mass is 10.3. The third-order valence-corrected chi connectivity index (χ3v) is 4.88. The minimum absolute atomic E-state index is 0.117. The number of carbonyl (C=O) groups is 1. The van der Waals surface area contributed by atoms with Crippen molar-refractivity contribution in [3.05, 3.63) is 71.9 Å². The summed E-state index contributed by atoms with van der Waals surface area (Å²) in [5.41, 5.74) is 0. The summed E-state index contributed by atoms with van der Waals surface area (Å²) in [7, 11) is 0. The molecule has 0 aliphatic carbocycles. The lowest BCUT2D eigenvalue weighted by Gasteiger charge is -2.09. The average molecular weight is 419 g/mol. The fourth-order valence-electron chi connectivity index (χ4n) is 2.30. The van der Waals surface area contributed by atoms with Crippen LogP contribution in [0.25, 0.3) is 0 Å². The van der Waals surface area contributed by atoms with E-state index in [0.29, 0.717) is 40.6 Å². The fraction of sp³-hybridized carbons (Fsp3) is 0.211.